The van der Waals surface area contributed by atoms with Crippen LogP contribution in [0.2, 0.25) is 0 Å². The third-order valence-corrected chi connectivity index (χ3v) is 7.21. The number of carbonyl (C=O) groups excluding carboxylic acids is 1. The molecular weight excluding hydrogens is 408 g/mol. The quantitative estimate of drug-likeness (QED) is 0.459. The molecule has 33 heavy (non-hydrogen) atoms. The molecule has 1 aliphatic heterocycles. The van der Waals surface area contributed by atoms with Crippen molar-refractivity contribution in [1.29, 1.82) is 0 Å². The van der Waals surface area contributed by atoms with Gasteiger partial charge < -0.3 is 9.88 Å². The second kappa shape index (κ2) is 9.92. The number of carbonyl (C=O) groups is 1. The summed E-state index contributed by atoms with van der Waals surface area (Å²) < 4.78 is 2.27. The van der Waals surface area contributed by atoms with Crippen molar-refractivity contribution in [3.05, 3.63) is 66.0 Å². The summed E-state index contributed by atoms with van der Waals surface area (Å²) in [6.45, 7) is 6.42. The summed E-state index contributed by atoms with van der Waals surface area (Å²) in [4.78, 5) is 19.5. The van der Waals surface area contributed by atoms with E-state index in [1.54, 1.807) is 0 Å². The lowest BCUT2D eigenvalue weighted by Crippen LogP contribution is -2.29. The molecule has 1 saturated carbocycles. The first-order valence-electron chi connectivity index (χ1n) is 12.4. The van der Waals surface area contributed by atoms with Crippen LogP contribution in [-0.2, 0) is 11.3 Å². The summed E-state index contributed by atoms with van der Waals surface area (Å²) in [7, 11) is 0. The van der Waals surface area contributed by atoms with Gasteiger partial charge in [-0.05, 0) is 74.4 Å². The number of unbranched alkanes of at least 4 members (excludes halogenated alkanes) is 1. The highest BCUT2D eigenvalue weighted by molar-refractivity contribution is 5.95. The van der Waals surface area contributed by atoms with Crippen molar-refractivity contribution in [3.8, 4) is 0 Å². The first kappa shape index (κ1) is 21.9. The summed E-state index contributed by atoms with van der Waals surface area (Å²) in [6.07, 6.45) is 11.0. The van der Waals surface area contributed by atoms with E-state index < -0.39 is 0 Å². The van der Waals surface area contributed by atoms with E-state index in [4.69, 9.17) is 0 Å². The first-order valence-corrected chi connectivity index (χ1v) is 12.4. The van der Waals surface area contributed by atoms with E-state index in [1.807, 2.05) is 12.4 Å². The predicted molar refractivity (Wildman–Crippen MR) is 135 cm³/mol. The lowest BCUT2D eigenvalue weighted by molar-refractivity contribution is -0.122. The third kappa shape index (κ3) is 5.03. The van der Waals surface area contributed by atoms with Gasteiger partial charge in [0.2, 0.25) is 5.91 Å². The number of hydrogen-bond acceptors (Lipinski definition) is 3. The number of aryl methyl sites for hydroxylation is 2. The molecule has 1 aliphatic carbocycles. The average molecular weight is 443 g/mol. The lowest BCUT2D eigenvalue weighted by atomic mass is 9.85. The van der Waals surface area contributed by atoms with Crippen LogP contribution in [0.5, 0.6) is 0 Å². The molecule has 5 rings (SSSR count). The van der Waals surface area contributed by atoms with Crippen LogP contribution in [0.1, 0.15) is 49.7 Å². The van der Waals surface area contributed by atoms with Crippen molar-refractivity contribution < 1.29 is 4.79 Å². The fourth-order valence-corrected chi connectivity index (χ4v) is 5.03. The van der Waals surface area contributed by atoms with Gasteiger partial charge in [0.1, 0.15) is 0 Å². The summed E-state index contributed by atoms with van der Waals surface area (Å²) in [5.74, 6) is 0.349. The van der Waals surface area contributed by atoms with Gasteiger partial charge in [0.25, 0.3) is 0 Å². The fraction of sp³-hybridized carbons (Fsp3) is 0.429. The largest absolute Gasteiger partial charge is 0.330 e. The highest BCUT2D eigenvalue weighted by Gasteiger charge is 2.25. The van der Waals surface area contributed by atoms with Crippen molar-refractivity contribution in [2.45, 2.75) is 52.0 Å². The summed E-state index contributed by atoms with van der Waals surface area (Å²) in [5, 5.41) is 3.09. The Labute approximate surface area is 196 Å². The minimum atomic E-state index is 0.155. The van der Waals surface area contributed by atoms with E-state index in [-0.39, 0.29) is 11.8 Å². The Morgan fingerprint density at radius 2 is 1.94 bits per heavy atom. The van der Waals surface area contributed by atoms with Crippen molar-refractivity contribution in [2.24, 2.45) is 5.92 Å². The van der Waals surface area contributed by atoms with Crippen LogP contribution >= 0.6 is 0 Å². The van der Waals surface area contributed by atoms with Gasteiger partial charge in [-0.25, -0.2) is 4.98 Å². The van der Waals surface area contributed by atoms with Gasteiger partial charge in [-0.15, -0.1) is 0 Å². The number of aromatic nitrogens is 2. The number of amides is 1. The summed E-state index contributed by atoms with van der Waals surface area (Å²) in [5.41, 5.74) is 7.04. The van der Waals surface area contributed by atoms with Crippen LogP contribution in [0.25, 0.3) is 16.6 Å². The fourth-order valence-electron chi connectivity index (χ4n) is 5.03. The number of fused-ring (bicyclic) bond motifs is 1. The molecule has 172 valence electrons. The Hall–Kier alpha value is -2.92. The monoisotopic (exact) mass is 442 g/mol. The molecule has 2 aliphatic rings. The number of benzene rings is 2. The van der Waals surface area contributed by atoms with E-state index in [9.17, 15) is 4.79 Å². The van der Waals surface area contributed by atoms with E-state index in [0.29, 0.717) is 0 Å². The van der Waals surface area contributed by atoms with Crippen LogP contribution < -0.4 is 5.32 Å². The molecule has 0 atom stereocenters. The lowest BCUT2D eigenvalue weighted by Gasteiger charge is -2.26. The van der Waals surface area contributed by atoms with Crippen molar-refractivity contribution in [2.75, 3.05) is 25.0 Å². The SMILES string of the molecule is Cc1cc(NC(=O)C2CCC2)cc2ncn(CCCCN3CC=C(c4ccccc4)CC3)c12. The van der Waals surface area contributed by atoms with E-state index in [2.05, 4.69) is 69.2 Å². The van der Waals surface area contributed by atoms with E-state index in [1.165, 1.54) is 35.1 Å². The highest BCUT2D eigenvalue weighted by Crippen LogP contribution is 2.29. The zero-order valence-electron chi connectivity index (χ0n) is 19.6. The standard InChI is InChI=1S/C28H34N4O/c1-21-18-25(30-28(33)24-10-7-11-24)19-26-27(21)32(20-29-26)15-6-5-14-31-16-12-23(13-17-31)22-8-3-2-4-9-22/h2-4,8-9,12,18-20,24H,5-7,10-11,13-17H2,1H3,(H,30,33). The average Bonchev–Trinajstić information content (AvgIpc) is 3.20. The Balaban J connectivity index is 1.12. The normalized spacial score (nSPS) is 17.1. The molecule has 5 nitrogen and oxygen atoms in total. The Morgan fingerprint density at radius 3 is 2.67 bits per heavy atom. The molecule has 1 N–H and O–H groups in total. The zero-order valence-corrected chi connectivity index (χ0v) is 19.6. The second-order valence-corrected chi connectivity index (χ2v) is 9.57. The van der Waals surface area contributed by atoms with Gasteiger partial charge in [0, 0.05) is 31.2 Å². The van der Waals surface area contributed by atoms with Gasteiger partial charge in [-0.3, -0.25) is 9.69 Å². The first-order chi connectivity index (χ1) is 16.2. The molecule has 1 aromatic heterocycles. The van der Waals surface area contributed by atoms with Crippen LogP contribution in [0.15, 0.2) is 54.9 Å². The van der Waals surface area contributed by atoms with Gasteiger partial charge in [-0.1, -0.05) is 42.8 Å². The second-order valence-electron chi connectivity index (χ2n) is 9.57. The molecule has 0 spiro atoms. The molecule has 2 heterocycles. The molecule has 0 bridgehead atoms. The number of imidazole rings is 1. The molecule has 3 aromatic rings. The third-order valence-electron chi connectivity index (χ3n) is 7.21. The molecule has 2 aromatic carbocycles. The maximum Gasteiger partial charge on any atom is 0.227 e. The summed E-state index contributed by atoms with van der Waals surface area (Å²) >= 11 is 0. The number of rotatable bonds is 8. The van der Waals surface area contributed by atoms with E-state index in [0.717, 1.165) is 63.1 Å². The molecule has 1 fully saturated rings. The smallest absolute Gasteiger partial charge is 0.227 e. The van der Waals surface area contributed by atoms with Gasteiger partial charge in [0.15, 0.2) is 0 Å². The predicted octanol–water partition coefficient (Wildman–Crippen LogP) is 5.65. The topological polar surface area (TPSA) is 50.2 Å². The summed E-state index contributed by atoms with van der Waals surface area (Å²) in [6, 6.07) is 14.8. The number of nitrogens with zero attached hydrogens (tertiary/aromatic N) is 3. The maximum atomic E-state index is 12.3. The molecule has 1 amide bonds. The Bertz CT molecular complexity index is 1140. The van der Waals surface area contributed by atoms with Crippen LogP contribution in [-0.4, -0.2) is 40.0 Å². The number of nitrogens with one attached hydrogen (secondary N) is 1. The molecule has 0 saturated heterocycles. The van der Waals surface area contributed by atoms with Crippen LogP contribution in [0, 0.1) is 12.8 Å². The Morgan fingerprint density at radius 1 is 1.12 bits per heavy atom. The Kier molecular flexibility index (Phi) is 6.58. The zero-order chi connectivity index (χ0) is 22.6. The minimum Gasteiger partial charge on any atom is -0.330 e. The molecular formula is C28H34N4O. The van der Waals surface area contributed by atoms with E-state index >= 15 is 0 Å². The van der Waals surface area contributed by atoms with Crippen LogP contribution in [0.4, 0.5) is 5.69 Å². The van der Waals surface area contributed by atoms with Crippen molar-refractivity contribution in [3.63, 3.8) is 0 Å². The van der Waals surface area contributed by atoms with Gasteiger partial charge in [0.05, 0.1) is 17.4 Å². The molecule has 0 radical (unpaired) electrons. The number of hydrogen-bond donors (Lipinski definition) is 1. The highest BCUT2D eigenvalue weighted by atomic mass is 16.1. The minimum absolute atomic E-state index is 0.155. The maximum absolute atomic E-state index is 12.3. The molecule has 0 unspecified atom stereocenters. The van der Waals surface area contributed by atoms with Gasteiger partial charge >= 0.3 is 0 Å². The molecule has 5 heteroatoms. The van der Waals surface area contributed by atoms with Crippen molar-refractivity contribution >= 4 is 28.2 Å². The van der Waals surface area contributed by atoms with Crippen molar-refractivity contribution in [1.82, 2.24) is 14.5 Å². The van der Waals surface area contributed by atoms with Crippen LogP contribution in [0.3, 0.4) is 0 Å². The van der Waals surface area contributed by atoms with Gasteiger partial charge in [-0.2, -0.15) is 0 Å². The number of anilines is 1.